The SMILES string of the molecule is O=C(N[C@@H](CO)c1ccccc1)C1CCC(CNS(=O)(=O)c2ccc(Cl)cc2)CC1. The van der Waals surface area contributed by atoms with Gasteiger partial charge in [-0.2, -0.15) is 0 Å². The van der Waals surface area contributed by atoms with Crippen molar-refractivity contribution in [3.05, 3.63) is 65.2 Å². The van der Waals surface area contributed by atoms with E-state index < -0.39 is 16.1 Å². The fourth-order valence-corrected chi connectivity index (χ4v) is 5.00. The summed E-state index contributed by atoms with van der Waals surface area (Å²) in [6.07, 6.45) is 2.95. The van der Waals surface area contributed by atoms with Crippen molar-refractivity contribution in [1.82, 2.24) is 10.0 Å². The Kier molecular flexibility index (Phi) is 7.88. The summed E-state index contributed by atoms with van der Waals surface area (Å²) in [6.45, 7) is 0.195. The topological polar surface area (TPSA) is 95.5 Å². The van der Waals surface area contributed by atoms with E-state index in [1.807, 2.05) is 30.3 Å². The molecule has 0 aromatic heterocycles. The van der Waals surface area contributed by atoms with Crippen molar-refractivity contribution in [2.24, 2.45) is 11.8 Å². The first-order valence-corrected chi connectivity index (χ1v) is 12.0. The number of carbonyl (C=O) groups excluding carboxylic acids is 1. The van der Waals surface area contributed by atoms with Crippen molar-refractivity contribution in [2.45, 2.75) is 36.6 Å². The van der Waals surface area contributed by atoms with Crippen molar-refractivity contribution in [2.75, 3.05) is 13.2 Å². The second kappa shape index (κ2) is 10.4. The van der Waals surface area contributed by atoms with Crippen molar-refractivity contribution < 1.29 is 18.3 Å². The molecule has 0 spiro atoms. The number of amides is 1. The molecular formula is C22H27ClN2O4S. The first-order chi connectivity index (χ1) is 14.4. The molecule has 3 N–H and O–H groups in total. The number of aliphatic hydroxyl groups is 1. The molecule has 1 amide bonds. The maximum atomic E-state index is 12.6. The number of nitrogens with one attached hydrogen (secondary N) is 2. The van der Waals surface area contributed by atoms with Crippen LogP contribution < -0.4 is 10.0 Å². The van der Waals surface area contributed by atoms with E-state index in [1.165, 1.54) is 12.1 Å². The number of halogens is 1. The van der Waals surface area contributed by atoms with Crippen LogP contribution in [0.4, 0.5) is 0 Å². The van der Waals surface area contributed by atoms with Gasteiger partial charge in [-0.05, 0) is 61.4 Å². The maximum absolute atomic E-state index is 12.6. The number of hydrogen-bond acceptors (Lipinski definition) is 4. The zero-order chi connectivity index (χ0) is 21.6. The number of carbonyl (C=O) groups is 1. The van der Waals surface area contributed by atoms with Crippen molar-refractivity contribution >= 4 is 27.5 Å². The Labute approximate surface area is 182 Å². The second-order valence-electron chi connectivity index (χ2n) is 7.68. The van der Waals surface area contributed by atoms with Gasteiger partial charge in [0, 0.05) is 17.5 Å². The van der Waals surface area contributed by atoms with Gasteiger partial charge < -0.3 is 10.4 Å². The number of hydrogen-bond donors (Lipinski definition) is 3. The van der Waals surface area contributed by atoms with Crippen LogP contribution in [-0.4, -0.2) is 32.6 Å². The Bertz CT molecular complexity index is 927. The monoisotopic (exact) mass is 450 g/mol. The summed E-state index contributed by atoms with van der Waals surface area (Å²) in [7, 11) is -3.57. The zero-order valence-corrected chi connectivity index (χ0v) is 18.2. The lowest BCUT2D eigenvalue weighted by Crippen LogP contribution is -2.38. The quantitative estimate of drug-likeness (QED) is 0.575. The van der Waals surface area contributed by atoms with Crippen molar-refractivity contribution in [1.29, 1.82) is 0 Å². The van der Waals surface area contributed by atoms with E-state index in [-0.39, 0.29) is 29.2 Å². The highest BCUT2D eigenvalue weighted by atomic mass is 35.5. The van der Waals surface area contributed by atoms with Gasteiger partial charge in [0.1, 0.15) is 0 Å². The number of aliphatic hydroxyl groups excluding tert-OH is 1. The van der Waals surface area contributed by atoms with E-state index >= 15 is 0 Å². The van der Waals surface area contributed by atoms with Gasteiger partial charge >= 0.3 is 0 Å². The summed E-state index contributed by atoms with van der Waals surface area (Å²) in [5, 5.41) is 13.1. The van der Waals surface area contributed by atoms with Crippen LogP contribution in [0.25, 0.3) is 0 Å². The average Bonchev–Trinajstić information content (AvgIpc) is 2.77. The summed E-state index contributed by atoms with van der Waals surface area (Å²) in [4.78, 5) is 12.8. The molecule has 0 aliphatic heterocycles. The summed E-state index contributed by atoms with van der Waals surface area (Å²) in [5.41, 5.74) is 0.874. The van der Waals surface area contributed by atoms with E-state index in [9.17, 15) is 18.3 Å². The molecule has 1 saturated carbocycles. The molecular weight excluding hydrogens is 424 g/mol. The van der Waals surface area contributed by atoms with Gasteiger partial charge in [0.25, 0.3) is 0 Å². The second-order valence-corrected chi connectivity index (χ2v) is 9.88. The number of benzene rings is 2. The molecule has 0 heterocycles. The lowest BCUT2D eigenvalue weighted by atomic mass is 9.81. The fourth-order valence-electron chi connectivity index (χ4n) is 3.76. The van der Waals surface area contributed by atoms with Gasteiger partial charge in [-0.3, -0.25) is 4.79 Å². The smallest absolute Gasteiger partial charge is 0.240 e. The normalized spacial score (nSPS) is 20.5. The molecule has 0 radical (unpaired) electrons. The van der Waals surface area contributed by atoms with Gasteiger partial charge in [-0.15, -0.1) is 0 Å². The minimum Gasteiger partial charge on any atom is -0.394 e. The van der Waals surface area contributed by atoms with Crippen LogP contribution in [0.5, 0.6) is 0 Å². The first kappa shape index (κ1) is 22.7. The Morgan fingerprint density at radius 3 is 2.27 bits per heavy atom. The summed E-state index contributed by atoms with van der Waals surface area (Å²) < 4.78 is 27.5. The highest BCUT2D eigenvalue weighted by Crippen LogP contribution is 2.29. The molecule has 1 aliphatic rings. The molecule has 0 bridgehead atoms. The molecule has 162 valence electrons. The zero-order valence-electron chi connectivity index (χ0n) is 16.6. The Hall–Kier alpha value is -1.93. The largest absolute Gasteiger partial charge is 0.394 e. The van der Waals surface area contributed by atoms with Crippen LogP contribution in [0.2, 0.25) is 5.02 Å². The Morgan fingerprint density at radius 2 is 1.67 bits per heavy atom. The lowest BCUT2D eigenvalue weighted by Gasteiger charge is -2.29. The minimum atomic E-state index is -3.57. The van der Waals surface area contributed by atoms with Gasteiger partial charge in [0.15, 0.2) is 0 Å². The maximum Gasteiger partial charge on any atom is 0.240 e. The van der Waals surface area contributed by atoms with Crippen LogP contribution in [0.3, 0.4) is 0 Å². The van der Waals surface area contributed by atoms with E-state index in [0.717, 1.165) is 18.4 Å². The Balaban J connectivity index is 1.47. The lowest BCUT2D eigenvalue weighted by molar-refractivity contribution is -0.127. The molecule has 3 rings (SSSR count). The summed E-state index contributed by atoms with van der Waals surface area (Å²) >= 11 is 5.81. The first-order valence-electron chi connectivity index (χ1n) is 10.1. The molecule has 6 nitrogen and oxygen atoms in total. The predicted molar refractivity (Wildman–Crippen MR) is 117 cm³/mol. The van der Waals surface area contributed by atoms with E-state index in [1.54, 1.807) is 12.1 Å². The third-order valence-corrected chi connectivity index (χ3v) is 7.30. The number of sulfonamides is 1. The van der Waals surface area contributed by atoms with Crippen molar-refractivity contribution in [3.63, 3.8) is 0 Å². The van der Waals surface area contributed by atoms with Gasteiger partial charge in [-0.1, -0.05) is 41.9 Å². The summed E-state index contributed by atoms with van der Waals surface area (Å²) in [5.74, 6) is 0.0175. The van der Waals surface area contributed by atoms with Crippen LogP contribution in [0.15, 0.2) is 59.5 Å². The van der Waals surface area contributed by atoms with E-state index in [4.69, 9.17) is 11.6 Å². The fraction of sp³-hybridized carbons (Fsp3) is 0.409. The molecule has 2 aromatic carbocycles. The molecule has 8 heteroatoms. The molecule has 0 saturated heterocycles. The molecule has 1 aliphatic carbocycles. The molecule has 0 unspecified atom stereocenters. The average molecular weight is 451 g/mol. The Morgan fingerprint density at radius 1 is 1.03 bits per heavy atom. The highest BCUT2D eigenvalue weighted by Gasteiger charge is 2.28. The third-order valence-electron chi connectivity index (χ3n) is 5.60. The van der Waals surface area contributed by atoms with Gasteiger partial charge in [0.2, 0.25) is 15.9 Å². The standard InChI is InChI=1S/C22H27ClN2O4S/c23-19-10-12-20(13-11-19)30(28,29)24-14-16-6-8-18(9-7-16)22(27)25-21(15-26)17-4-2-1-3-5-17/h1-5,10-13,16,18,21,24,26H,6-9,14-15H2,(H,25,27)/t16?,18?,21-/m0/s1. The predicted octanol–water partition coefficient (Wildman–Crippen LogP) is 3.27. The van der Waals surface area contributed by atoms with Gasteiger partial charge in [0.05, 0.1) is 17.5 Å². The van der Waals surface area contributed by atoms with Crippen molar-refractivity contribution in [3.8, 4) is 0 Å². The van der Waals surface area contributed by atoms with E-state index in [0.29, 0.717) is 24.4 Å². The van der Waals surface area contributed by atoms with Gasteiger partial charge in [-0.25, -0.2) is 13.1 Å². The summed E-state index contributed by atoms with van der Waals surface area (Å²) in [6, 6.07) is 15.1. The number of rotatable bonds is 8. The van der Waals surface area contributed by atoms with E-state index in [2.05, 4.69) is 10.0 Å². The van der Waals surface area contributed by atoms with Crippen LogP contribution in [0, 0.1) is 11.8 Å². The van der Waals surface area contributed by atoms with Crippen LogP contribution >= 0.6 is 11.6 Å². The minimum absolute atomic E-state index is 0.0573. The van der Waals surface area contributed by atoms with Crippen LogP contribution in [-0.2, 0) is 14.8 Å². The third kappa shape index (κ3) is 6.04. The van der Waals surface area contributed by atoms with Crippen LogP contribution in [0.1, 0.15) is 37.3 Å². The molecule has 30 heavy (non-hydrogen) atoms. The molecule has 1 atom stereocenters. The molecule has 2 aromatic rings. The highest BCUT2D eigenvalue weighted by molar-refractivity contribution is 7.89. The molecule has 1 fully saturated rings.